The summed E-state index contributed by atoms with van der Waals surface area (Å²) in [5.74, 6) is 1.44. The van der Waals surface area contributed by atoms with E-state index in [0.29, 0.717) is 22.5 Å². The summed E-state index contributed by atoms with van der Waals surface area (Å²) >= 11 is 12.0. The lowest BCUT2D eigenvalue weighted by atomic mass is 10.1. The summed E-state index contributed by atoms with van der Waals surface area (Å²) in [6, 6.07) is 7.52. The fourth-order valence-corrected chi connectivity index (χ4v) is 2.35. The molecule has 0 bridgehead atoms. The fourth-order valence-electron chi connectivity index (χ4n) is 2.04. The van der Waals surface area contributed by atoms with Gasteiger partial charge in [-0.3, -0.25) is 4.99 Å². The van der Waals surface area contributed by atoms with Crippen molar-refractivity contribution < 1.29 is 4.52 Å². The van der Waals surface area contributed by atoms with Crippen LogP contribution in [-0.2, 0) is 13.0 Å². The highest BCUT2D eigenvalue weighted by molar-refractivity contribution is 6.42. The molecule has 7 heteroatoms. The predicted molar refractivity (Wildman–Crippen MR) is 94.1 cm³/mol. The van der Waals surface area contributed by atoms with Gasteiger partial charge < -0.3 is 15.2 Å². The number of nitrogens with zero attached hydrogens (tertiary/aromatic N) is 2. The van der Waals surface area contributed by atoms with Crippen LogP contribution in [0.3, 0.4) is 0 Å². The Bertz CT molecular complexity index is 684. The molecule has 1 aromatic heterocycles. The van der Waals surface area contributed by atoms with Crippen molar-refractivity contribution in [3.05, 3.63) is 51.3 Å². The first-order valence-electron chi connectivity index (χ1n) is 7.40. The summed E-state index contributed by atoms with van der Waals surface area (Å²) in [6.07, 6.45) is 0.852. The number of aliphatic imine (C=N–C) groups is 1. The Hall–Kier alpha value is -1.72. The lowest BCUT2D eigenvalue weighted by molar-refractivity contribution is 0.374. The van der Waals surface area contributed by atoms with Crippen molar-refractivity contribution in [2.75, 3.05) is 7.05 Å². The summed E-state index contributed by atoms with van der Waals surface area (Å²) in [4.78, 5) is 4.21. The second-order valence-corrected chi connectivity index (χ2v) is 5.92. The quantitative estimate of drug-likeness (QED) is 0.629. The van der Waals surface area contributed by atoms with Crippen molar-refractivity contribution in [2.45, 2.75) is 32.9 Å². The smallest absolute Gasteiger partial charge is 0.191 e. The second kappa shape index (κ2) is 8.22. The SMILES string of the molecule is CCc1cc(CNC(=NC)NC(C)c2ccc(Cl)c(Cl)c2)on1. The molecule has 1 unspecified atom stereocenters. The molecule has 0 aliphatic carbocycles. The lowest BCUT2D eigenvalue weighted by Crippen LogP contribution is -2.38. The van der Waals surface area contributed by atoms with E-state index in [2.05, 4.69) is 20.8 Å². The Morgan fingerprint density at radius 3 is 2.70 bits per heavy atom. The highest BCUT2D eigenvalue weighted by Gasteiger charge is 2.10. The van der Waals surface area contributed by atoms with Crippen LogP contribution in [0.5, 0.6) is 0 Å². The van der Waals surface area contributed by atoms with E-state index in [0.717, 1.165) is 23.4 Å². The molecule has 0 amide bonds. The molecule has 0 saturated heterocycles. The average molecular weight is 355 g/mol. The zero-order valence-electron chi connectivity index (χ0n) is 13.4. The van der Waals surface area contributed by atoms with Crippen LogP contribution in [-0.4, -0.2) is 18.2 Å². The van der Waals surface area contributed by atoms with Crippen LogP contribution in [0.4, 0.5) is 0 Å². The van der Waals surface area contributed by atoms with Crippen LogP contribution in [0.1, 0.15) is 36.9 Å². The molecule has 0 aliphatic rings. The zero-order chi connectivity index (χ0) is 16.8. The first kappa shape index (κ1) is 17.6. The van der Waals surface area contributed by atoms with Gasteiger partial charge in [-0.2, -0.15) is 0 Å². The average Bonchev–Trinajstić information content (AvgIpc) is 3.01. The predicted octanol–water partition coefficient (Wildman–Crippen LogP) is 3.97. The first-order valence-corrected chi connectivity index (χ1v) is 8.15. The molecule has 2 aromatic rings. The third kappa shape index (κ3) is 4.88. The molecule has 2 rings (SSSR count). The number of aryl methyl sites for hydroxylation is 1. The molecule has 1 heterocycles. The van der Waals surface area contributed by atoms with Crippen LogP contribution >= 0.6 is 23.2 Å². The number of halogens is 2. The Balaban J connectivity index is 1.94. The molecule has 124 valence electrons. The van der Waals surface area contributed by atoms with Gasteiger partial charge in [-0.15, -0.1) is 0 Å². The van der Waals surface area contributed by atoms with Gasteiger partial charge in [0.1, 0.15) is 0 Å². The van der Waals surface area contributed by atoms with E-state index in [9.17, 15) is 0 Å². The highest BCUT2D eigenvalue weighted by atomic mass is 35.5. The number of aromatic nitrogens is 1. The van der Waals surface area contributed by atoms with Gasteiger partial charge >= 0.3 is 0 Å². The molecule has 0 fully saturated rings. The van der Waals surface area contributed by atoms with Gasteiger partial charge in [-0.25, -0.2) is 0 Å². The minimum atomic E-state index is 0.0249. The Labute approximate surface area is 146 Å². The summed E-state index contributed by atoms with van der Waals surface area (Å²) in [5, 5.41) is 11.5. The highest BCUT2D eigenvalue weighted by Crippen LogP contribution is 2.25. The van der Waals surface area contributed by atoms with Crippen LogP contribution in [0.15, 0.2) is 33.8 Å². The molecular formula is C16H20Cl2N4O. The Morgan fingerprint density at radius 1 is 1.30 bits per heavy atom. The van der Waals surface area contributed by atoms with Crippen molar-refractivity contribution in [3.63, 3.8) is 0 Å². The molecule has 23 heavy (non-hydrogen) atoms. The van der Waals surface area contributed by atoms with Crippen molar-refractivity contribution in [3.8, 4) is 0 Å². The minimum Gasteiger partial charge on any atom is -0.359 e. The van der Waals surface area contributed by atoms with Crippen LogP contribution in [0.2, 0.25) is 10.0 Å². The van der Waals surface area contributed by atoms with E-state index in [1.165, 1.54) is 0 Å². The van der Waals surface area contributed by atoms with Crippen LogP contribution in [0, 0.1) is 0 Å². The number of nitrogens with one attached hydrogen (secondary N) is 2. The molecule has 1 aromatic carbocycles. The Kier molecular flexibility index (Phi) is 6.30. The number of hydrogen-bond donors (Lipinski definition) is 2. The minimum absolute atomic E-state index is 0.0249. The molecule has 0 saturated carbocycles. The summed E-state index contributed by atoms with van der Waals surface area (Å²) in [6.45, 7) is 4.57. The molecule has 0 spiro atoms. The van der Waals surface area contributed by atoms with Gasteiger partial charge in [0.05, 0.1) is 28.3 Å². The fraction of sp³-hybridized carbons (Fsp3) is 0.375. The first-order chi connectivity index (χ1) is 11.0. The molecular weight excluding hydrogens is 335 g/mol. The zero-order valence-corrected chi connectivity index (χ0v) is 14.9. The molecule has 0 radical (unpaired) electrons. The maximum absolute atomic E-state index is 6.06. The monoisotopic (exact) mass is 354 g/mol. The number of guanidine groups is 1. The number of hydrogen-bond acceptors (Lipinski definition) is 3. The molecule has 0 aliphatic heterocycles. The van der Waals surface area contributed by atoms with E-state index in [4.69, 9.17) is 27.7 Å². The summed E-state index contributed by atoms with van der Waals surface area (Å²) in [5.41, 5.74) is 1.96. The van der Waals surface area contributed by atoms with Gasteiger partial charge in [-0.1, -0.05) is 41.3 Å². The van der Waals surface area contributed by atoms with Crippen LogP contribution in [0.25, 0.3) is 0 Å². The second-order valence-electron chi connectivity index (χ2n) is 5.10. The van der Waals surface area contributed by atoms with Crippen molar-refractivity contribution >= 4 is 29.2 Å². The van der Waals surface area contributed by atoms with E-state index in [-0.39, 0.29) is 6.04 Å². The van der Waals surface area contributed by atoms with E-state index >= 15 is 0 Å². The third-order valence-electron chi connectivity index (χ3n) is 3.42. The van der Waals surface area contributed by atoms with Gasteiger partial charge in [0.25, 0.3) is 0 Å². The van der Waals surface area contributed by atoms with Crippen molar-refractivity contribution in [1.29, 1.82) is 0 Å². The number of rotatable bonds is 5. The van der Waals surface area contributed by atoms with Gasteiger partial charge in [0.2, 0.25) is 0 Å². The summed E-state index contributed by atoms with van der Waals surface area (Å²) < 4.78 is 5.24. The summed E-state index contributed by atoms with van der Waals surface area (Å²) in [7, 11) is 1.72. The van der Waals surface area contributed by atoms with Gasteiger partial charge in [0.15, 0.2) is 11.7 Å². The largest absolute Gasteiger partial charge is 0.359 e. The maximum atomic E-state index is 6.06. The van der Waals surface area contributed by atoms with Crippen molar-refractivity contribution in [1.82, 2.24) is 15.8 Å². The molecule has 5 nitrogen and oxygen atoms in total. The standard InChI is InChI=1S/C16H20Cl2N4O/c1-4-12-8-13(23-22-12)9-20-16(19-3)21-10(2)11-5-6-14(17)15(18)7-11/h5-8,10H,4,9H2,1-3H3,(H2,19,20,21). The van der Waals surface area contributed by atoms with Crippen LogP contribution < -0.4 is 10.6 Å². The normalized spacial score (nSPS) is 13.0. The van der Waals surface area contributed by atoms with Crippen molar-refractivity contribution in [2.24, 2.45) is 4.99 Å². The Morgan fingerprint density at radius 2 is 2.09 bits per heavy atom. The van der Waals surface area contributed by atoms with Gasteiger partial charge in [-0.05, 0) is 31.0 Å². The topological polar surface area (TPSA) is 62.5 Å². The van der Waals surface area contributed by atoms with Gasteiger partial charge in [0, 0.05) is 13.1 Å². The third-order valence-corrected chi connectivity index (χ3v) is 4.16. The lowest BCUT2D eigenvalue weighted by Gasteiger charge is -2.18. The molecule has 2 N–H and O–H groups in total. The molecule has 1 atom stereocenters. The maximum Gasteiger partial charge on any atom is 0.191 e. The van der Waals surface area contributed by atoms with E-state index in [1.54, 1.807) is 13.1 Å². The number of benzene rings is 1. The van der Waals surface area contributed by atoms with E-state index < -0.39 is 0 Å². The van der Waals surface area contributed by atoms with E-state index in [1.807, 2.05) is 32.0 Å².